The summed E-state index contributed by atoms with van der Waals surface area (Å²) >= 11 is 0. The number of benzene rings is 2. The van der Waals surface area contributed by atoms with Gasteiger partial charge < -0.3 is 9.47 Å². The highest BCUT2D eigenvalue weighted by Gasteiger charge is 2.32. The molecule has 0 bridgehead atoms. The predicted molar refractivity (Wildman–Crippen MR) is 155 cm³/mol. The Hall–Kier alpha value is -2.62. The van der Waals surface area contributed by atoms with E-state index in [1.165, 1.54) is 75.3 Å². The van der Waals surface area contributed by atoms with E-state index in [9.17, 15) is 9.59 Å². The van der Waals surface area contributed by atoms with Crippen molar-refractivity contribution in [3.63, 3.8) is 0 Å². The Morgan fingerprint density at radius 3 is 1.29 bits per heavy atom. The molecular formula is C34H48O4. The molecule has 0 aliphatic heterocycles. The van der Waals surface area contributed by atoms with Crippen molar-refractivity contribution in [1.29, 1.82) is 0 Å². The molecule has 0 aromatic heterocycles. The molecule has 1 fully saturated rings. The molecule has 1 saturated carbocycles. The fourth-order valence-corrected chi connectivity index (χ4v) is 5.28. The number of ether oxygens (including phenoxy) is 2. The minimum absolute atomic E-state index is 0.158. The van der Waals surface area contributed by atoms with E-state index >= 15 is 0 Å². The molecule has 1 aliphatic rings. The molecule has 4 heteroatoms. The summed E-state index contributed by atoms with van der Waals surface area (Å²) in [6, 6.07) is 15.9. The van der Waals surface area contributed by atoms with Crippen molar-refractivity contribution in [3.05, 3.63) is 59.7 Å². The van der Waals surface area contributed by atoms with E-state index in [4.69, 9.17) is 9.47 Å². The molecule has 2 aromatic rings. The van der Waals surface area contributed by atoms with Crippen LogP contribution < -0.4 is 9.47 Å². The first-order valence-corrected chi connectivity index (χ1v) is 15.2. The molecule has 0 atom stereocenters. The lowest BCUT2D eigenvalue weighted by Crippen LogP contribution is -2.30. The predicted octanol–water partition coefficient (Wildman–Crippen LogP) is 9.03. The average molecular weight is 521 g/mol. The summed E-state index contributed by atoms with van der Waals surface area (Å²) in [5, 5.41) is 0. The second-order valence-electron chi connectivity index (χ2n) is 11.0. The number of hydrogen-bond donors (Lipinski definition) is 0. The molecule has 1 aliphatic carbocycles. The van der Waals surface area contributed by atoms with Gasteiger partial charge in [-0.05, 0) is 86.8 Å². The average Bonchev–Trinajstić information content (AvgIpc) is 2.95. The lowest BCUT2D eigenvalue weighted by atomic mass is 9.82. The number of aryl methyl sites for hydroxylation is 2. The third-order valence-corrected chi connectivity index (χ3v) is 7.82. The van der Waals surface area contributed by atoms with Crippen LogP contribution in [-0.2, 0) is 22.4 Å². The van der Waals surface area contributed by atoms with Gasteiger partial charge in [0.1, 0.15) is 11.5 Å². The Balaban J connectivity index is 1.34. The molecule has 0 unspecified atom stereocenters. The minimum atomic E-state index is -0.187. The van der Waals surface area contributed by atoms with Gasteiger partial charge in [0.2, 0.25) is 0 Å². The zero-order chi connectivity index (χ0) is 27.0. The second-order valence-corrected chi connectivity index (χ2v) is 11.0. The van der Waals surface area contributed by atoms with Crippen LogP contribution in [0.5, 0.6) is 11.5 Å². The maximum absolute atomic E-state index is 12.7. The van der Waals surface area contributed by atoms with Crippen LogP contribution in [0.25, 0.3) is 0 Å². The molecule has 0 amide bonds. The molecule has 3 rings (SSSR count). The van der Waals surface area contributed by atoms with E-state index < -0.39 is 0 Å². The summed E-state index contributed by atoms with van der Waals surface area (Å²) in [5.41, 5.74) is 2.58. The van der Waals surface area contributed by atoms with Crippen molar-refractivity contribution in [2.24, 2.45) is 11.8 Å². The van der Waals surface area contributed by atoms with Crippen molar-refractivity contribution in [2.75, 3.05) is 0 Å². The van der Waals surface area contributed by atoms with Crippen LogP contribution in [0.15, 0.2) is 48.5 Å². The molecule has 0 heterocycles. The SMILES string of the molecule is CCCCCCCCc1ccc(OC(=O)C2CCC(C(=O)Oc3ccc(CCCCCC)cc3)CC2)cc1. The van der Waals surface area contributed by atoms with Gasteiger partial charge in [-0.2, -0.15) is 0 Å². The van der Waals surface area contributed by atoms with Gasteiger partial charge in [0.25, 0.3) is 0 Å². The Labute approximate surface area is 230 Å². The molecule has 38 heavy (non-hydrogen) atoms. The number of carbonyl (C=O) groups excluding carboxylic acids is 2. The summed E-state index contributed by atoms with van der Waals surface area (Å²) in [7, 11) is 0. The highest BCUT2D eigenvalue weighted by atomic mass is 16.5. The minimum Gasteiger partial charge on any atom is -0.426 e. The molecule has 0 radical (unpaired) electrons. The van der Waals surface area contributed by atoms with Crippen LogP contribution in [0.1, 0.15) is 115 Å². The number of carbonyl (C=O) groups is 2. The van der Waals surface area contributed by atoms with E-state index in [-0.39, 0.29) is 23.8 Å². The number of hydrogen-bond acceptors (Lipinski definition) is 4. The first-order valence-electron chi connectivity index (χ1n) is 15.2. The van der Waals surface area contributed by atoms with E-state index in [1.54, 1.807) is 0 Å². The molecular weight excluding hydrogens is 472 g/mol. The summed E-state index contributed by atoms with van der Waals surface area (Å²) in [5.74, 6) is 0.525. The van der Waals surface area contributed by atoms with Gasteiger partial charge in [0, 0.05) is 0 Å². The Bertz CT molecular complexity index is 939. The number of esters is 2. The van der Waals surface area contributed by atoms with Gasteiger partial charge in [-0.1, -0.05) is 89.5 Å². The zero-order valence-corrected chi connectivity index (χ0v) is 23.7. The van der Waals surface area contributed by atoms with Gasteiger partial charge >= 0.3 is 11.9 Å². The van der Waals surface area contributed by atoms with E-state index in [2.05, 4.69) is 38.1 Å². The van der Waals surface area contributed by atoms with Gasteiger partial charge in [-0.3, -0.25) is 9.59 Å². The maximum Gasteiger partial charge on any atom is 0.314 e. The van der Waals surface area contributed by atoms with Crippen LogP contribution in [0.4, 0.5) is 0 Å². The summed E-state index contributed by atoms with van der Waals surface area (Å²) in [6.07, 6.45) is 17.5. The highest BCUT2D eigenvalue weighted by Crippen LogP contribution is 2.31. The van der Waals surface area contributed by atoms with Crippen LogP contribution in [0.2, 0.25) is 0 Å². The lowest BCUT2D eigenvalue weighted by molar-refractivity contribution is -0.145. The standard InChI is InChI=1S/C34H48O4/c1-3-5-7-9-10-12-14-28-17-25-32(26-18-28)38-34(36)30-21-19-29(20-22-30)33(35)37-31-23-15-27(16-24-31)13-11-8-6-4-2/h15-18,23-26,29-30H,3-14,19-22H2,1-2H3. The Kier molecular flexibility index (Phi) is 13.4. The molecule has 208 valence electrons. The van der Waals surface area contributed by atoms with Gasteiger partial charge in [-0.15, -0.1) is 0 Å². The van der Waals surface area contributed by atoms with Crippen molar-refractivity contribution in [2.45, 2.75) is 117 Å². The van der Waals surface area contributed by atoms with E-state index in [0.717, 1.165) is 12.8 Å². The number of unbranched alkanes of at least 4 members (excludes halogenated alkanes) is 8. The largest absolute Gasteiger partial charge is 0.426 e. The first-order chi connectivity index (χ1) is 18.6. The van der Waals surface area contributed by atoms with E-state index in [1.807, 2.05) is 24.3 Å². The molecule has 4 nitrogen and oxygen atoms in total. The van der Waals surface area contributed by atoms with Crippen molar-refractivity contribution in [3.8, 4) is 11.5 Å². The summed E-state index contributed by atoms with van der Waals surface area (Å²) in [6.45, 7) is 4.46. The van der Waals surface area contributed by atoms with Crippen molar-refractivity contribution >= 4 is 11.9 Å². The summed E-state index contributed by atoms with van der Waals surface area (Å²) < 4.78 is 11.3. The van der Waals surface area contributed by atoms with E-state index in [0.29, 0.717) is 37.2 Å². The van der Waals surface area contributed by atoms with Crippen molar-refractivity contribution in [1.82, 2.24) is 0 Å². The second kappa shape index (κ2) is 17.1. The van der Waals surface area contributed by atoms with Crippen LogP contribution in [0.3, 0.4) is 0 Å². The normalized spacial score (nSPS) is 17.2. The molecule has 0 spiro atoms. The van der Waals surface area contributed by atoms with Crippen LogP contribution >= 0.6 is 0 Å². The third kappa shape index (κ3) is 10.6. The van der Waals surface area contributed by atoms with Crippen molar-refractivity contribution < 1.29 is 19.1 Å². The topological polar surface area (TPSA) is 52.6 Å². The summed E-state index contributed by atoms with van der Waals surface area (Å²) in [4.78, 5) is 25.4. The van der Waals surface area contributed by atoms with Crippen LogP contribution in [0, 0.1) is 11.8 Å². The molecule has 0 saturated heterocycles. The monoisotopic (exact) mass is 520 g/mol. The van der Waals surface area contributed by atoms with Gasteiger partial charge in [0.05, 0.1) is 11.8 Å². The number of rotatable bonds is 16. The maximum atomic E-state index is 12.7. The molecule has 0 N–H and O–H groups in total. The fourth-order valence-electron chi connectivity index (χ4n) is 5.28. The lowest BCUT2D eigenvalue weighted by Gasteiger charge is -2.25. The Morgan fingerprint density at radius 2 is 0.895 bits per heavy atom. The fraction of sp³-hybridized carbons (Fsp3) is 0.588. The Morgan fingerprint density at radius 1 is 0.553 bits per heavy atom. The highest BCUT2D eigenvalue weighted by molar-refractivity contribution is 5.77. The van der Waals surface area contributed by atoms with Gasteiger partial charge in [0.15, 0.2) is 0 Å². The van der Waals surface area contributed by atoms with Crippen LogP contribution in [-0.4, -0.2) is 11.9 Å². The first kappa shape index (κ1) is 29.9. The quantitative estimate of drug-likeness (QED) is 0.126. The zero-order valence-electron chi connectivity index (χ0n) is 23.7. The van der Waals surface area contributed by atoms with Gasteiger partial charge in [-0.25, -0.2) is 0 Å². The smallest absolute Gasteiger partial charge is 0.314 e. The third-order valence-electron chi connectivity index (χ3n) is 7.82. The molecule has 2 aromatic carbocycles.